The number of amides is 2. The summed E-state index contributed by atoms with van der Waals surface area (Å²) in [4.78, 5) is 27.8. The molecule has 1 heterocycles. The Morgan fingerprint density at radius 3 is 2.49 bits per heavy atom. The molecular weight excluding hydrogens is 442 g/mol. The van der Waals surface area contributed by atoms with Crippen molar-refractivity contribution >= 4 is 23.3 Å². The molecule has 0 spiro atoms. The van der Waals surface area contributed by atoms with Crippen LogP contribution in [0.3, 0.4) is 0 Å². The summed E-state index contributed by atoms with van der Waals surface area (Å²) in [5.74, 6) is 4.87. The van der Waals surface area contributed by atoms with Gasteiger partial charge in [-0.3, -0.25) is 9.59 Å². The molecule has 2 amide bonds. The molecule has 0 atom stereocenters. The SMILES string of the molecule is CN1CCc2ccc(NC(=O)c3cccc(CNC(=O)c4cccc(/C(N)=N/NN)c4)c3)cc2C1. The van der Waals surface area contributed by atoms with Crippen molar-refractivity contribution < 1.29 is 9.59 Å². The monoisotopic (exact) mass is 471 g/mol. The normalized spacial score (nSPS) is 13.6. The lowest BCUT2D eigenvalue weighted by atomic mass is 9.99. The Morgan fingerprint density at radius 2 is 1.69 bits per heavy atom. The van der Waals surface area contributed by atoms with Gasteiger partial charge in [0.15, 0.2) is 5.84 Å². The molecule has 0 saturated heterocycles. The number of nitrogens with zero attached hydrogens (tertiary/aromatic N) is 2. The second-order valence-electron chi connectivity index (χ2n) is 8.52. The van der Waals surface area contributed by atoms with Crippen molar-refractivity contribution in [1.29, 1.82) is 0 Å². The number of hydrazone groups is 1. The summed E-state index contributed by atoms with van der Waals surface area (Å²) in [6.07, 6.45) is 1.02. The number of likely N-dealkylation sites (N-methyl/N-ethyl adjacent to an activating group) is 1. The van der Waals surface area contributed by atoms with E-state index in [-0.39, 0.29) is 24.2 Å². The average Bonchev–Trinajstić information content (AvgIpc) is 2.87. The van der Waals surface area contributed by atoms with Crippen LogP contribution in [-0.4, -0.2) is 36.1 Å². The van der Waals surface area contributed by atoms with Crippen LogP contribution in [0.5, 0.6) is 0 Å². The van der Waals surface area contributed by atoms with Gasteiger partial charge in [0.1, 0.15) is 0 Å². The van der Waals surface area contributed by atoms with Gasteiger partial charge in [0.05, 0.1) is 0 Å². The number of anilines is 1. The molecule has 4 rings (SSSR count). The van der Waals surface area contributed by atoms with E-state index in [0.717, 1.165) is 30.8 Å². The van der Waals surface area contributed by atoms with Crippen LogP contribution in [0.25, 0.3) is 0 Å². The van der Waals surface area contributed by atoms with Gasteiger partial charge in [-0.1, -0.05) is 30.3 Å². The number of amidine groups is 1. The Kier molecular flexibility index (Phi) is 7.39. The van der Waals surface area contributed by atoms with E-state index in [1.807, 2.05) is 18.2 Å². The summed E-state index contributed by atoms with van der Waals surface area (Å²) in [5.41, 5.74) is 13.6. The van der Waals surface area contributed by atoms with Crippen LogP contribution in [0.4, 0.5) is 5.69 Å². The average molecular weight is 472 g/mol. The molecule has 0 fully saturated rings. The Bertz CT molecular complexity index is 1270. The molecule has 1 aliphatic rings. The first-order valence-corrected chi connectivity index (χ1v) is 11.3. The zero-order chi connectivity index (χ0) is 24.8. The Labute approximate surface area is 204 Å². The van der Waals surface area contributed by atoms with Gasteiger partial charge in [0.25, 0.3) is 11.8 Å². The maximum absolute atomic E-state index is 12.9. The summed E-state index contributed by atoms with van der Waals surface area (Å²) >= 11 is 0. The second kappa shape index (κ2) is 10.8. The molecule has 0 aromatic heterocycles. The fraction of sp³-hybridized carbons (Fsp3) is 0.192. The molecular formula is C26H29N7O2. The van der Waals surface area contributed by atoms with Crippen molar-refractivity contribution in [1.82, 2.24) is 15.8 Å². The molecule has 180 valence electrons. The molecule has 0 unspecified atom stereocenters. The summed E-state index contributed by atoms with van der Waals surface area (Å²) in [7, 11) is 2.10. The number of hydrazine groups is 1. The zero-order valence-electron chi connectivity index (χ0n) is 19.5. The predicted octanol–water partition coefficient (Wildman–Crippen LogP) is 1.94. The quantitative estimate of drug-likeness (QED) is 0.155. The predicted molar refractivity (Wildman–Crippen MR) is 137 cm³/mol. The molecule has 0 bridgehead atoms. The molecule has 3 aromatic carbocycles. The maximum atomic E-state index is 12.9. The van der Waals surface area contributed by atoms with Crippen LogP contribution in [0, 0.1) is 0 Å². The van der Waals surface area contributed by atoms with Crippen LogP contribution in [-0.2, 0) is 19.5 Å². The fourth-order valence-corrected chi connectivity index (χ4v) is 4.04. The van der Waals surface area contributed by atoms with Gasteiger partial charge in [-0.15, -0.1) is 5.10 Å². The van der Waals surface area contributed by atoms with Crippen LogP contribution >= 0.6 is 0 Å². The van der Waals surface area contributed by atoms with Crippen molar-refractivity contribution in [2.45, 2.75) is 19.5 Å². The van der Waals surface area contributed by atoms with Gasteiger partial charge in [-0.25, -0.2) is 11.4 Å². The number of nitrogens with one attached hydrogen (secondary N) is 3. The first-order chi connectivity index (χ1) is 16.9. The van der Waals surface area contributed by atoms with E-state index in [1.54, 1.807) is 42.5 Å². The van der Waals surface area contributed by atoms with Gasteiger partial charge >= 0.3 is 0 Å². The van der Waals surface area contributed by atoms with Crippen LogP contribution in [0.2, 0.25) is 0 Å². The molecule has 9 heteroatoms. The number of carbonyl (C=O) groups excluding carboxylic acids is 2. The smallest absolute Gasteiger partial charge is 0.255 e. The van der Waals surface area contributed by atoms with Crippen LogP contribution < -0.4 is 27.7 Å². The molecule has 0 saturated carbocycles. The van der Waals surface area contributed by atoms with Crippen molar-refractivity contribution in [3.05, 3.63) is 100 Å². The minimum absolute atomic E-state index is 0.173. The first-order valence-electron chi connectivity index (χ1n) is 11.3. The summed E-state index contributed by atoms with van der Waals surface area (Å²) in [5, 5.41) is 9.58. The van der Waals surface area contributed by atoms with E-state index in [2.05, 4.69) is 39.3 Å². The fourth-order valence-electron chi connectivity index (χ4n) is 4.04. The number of rotatable bonds is 7. The molecule has 0 aliphatic carbocycles. The Morgan fingerprint density at radius 1 is 0.943 bits per heavy atom. The van der Waals surface area contributed by atoms with Gasteiger partial charge in [0.2, 0.25) is 0 Å². The van der Waals surface area contributed by atoms with Crippen molar-refractivity contribution in [3.63, 3.8) is 0 Å². The molecule has 0 radical (unpaired) electrons. The van der Waals surface area contributed by atoms with Crippen LogP contribution in [0.15, 0.2) is 71.8 Å². The maximum Gasteiger partial charge on any atom is 0.255 e. The van der Waals surface area contributed by atoms with Crippen molar-refractivity contribution in [2.24, 2.45) is 16.7 Å². The number of fused-ring (bicyclic) bond motifs is 1. The number of nitrogens with two attached hydrogens (primary N) is 2. The lowest BCUT2D eigenvalue weighted by Gasteiger charge is -2.25. The van der Waals surface area contributed by atoms with Crippen molar-refractivity contribution in [3.8, 4) is 0 Å². The highest BCUT2D eigenvalue weighted by molar-refractivity contribution is 6.04. The van der Waals surface area contributed by atoms with Gasteiger partial charge in [-0.2, -0.15) is 0 Å². The van der Waals surface area contributed by atoms with Crippen molar-refractivity contribution in [2.75, 3.05) is 18.9 Å². The molecule has 9 nitrogen and oxygen atoms in total. The van der Waals surface area contributed by atoms with E-state index in [0.29, 0.717) is 16.7 Å². The summed E-state index contributed by atoms with van der Waals surface area (Å²) < 4.78 is 0. The lowest BCUT2D eigenvalue weighted by Crippen LogP contribution is -2.26. The zero-order valence-corrected chi connectivity index (χ0v) is 19.5. The minimum atomic E-state index is -0.269. The van der Waals surface area contributed by atoms with Gasteiger partial charge in [-0.05, 0) is 66.6 Å². The molecule has 1 aliphatic heterocycles. The summed E-state index contributed by atoms with van der Waals surface area (Å²) in [6.45, 7) is 2.19. The molecule has 7 N–H and O–H groups in total. The third kappa shape index (κ3) is 6.03. The van der Waals surface area contributed by atoms with E-state index in [4.69, 9.17) is 11.6 Å². The van der Waals surface area contributed by atoms with Gasteiger partial charge < -0.3 is 21.3 Å². The van der Waals surface area contributed by atoms with E-state index in [1.165, 1.54) is 11.1 Å². The largest absolute Gasteiger partial charge is 0.382 e. The topological polar surface area (TPSA) is 138 Å². The lowest BCUT2D eigenvalue weighted by molar-refractivity contribution is 0.0950. The Balaban J connectivity index is 1.39. The Hall–Kier alpha value is -4.21. The number of carbonyl (C=O) groups is 2. The minimum Gasteiger partial charge on any atom is -0.382 e. The highest BCUT2D eigenvalue weighted by Crippen LogP contribution is 2.22. The van der Waals surface area contributed by atoms with E-state index in [9.17, 15) is 9.59 Å². The number of hydrogen-bond donors (Lipinski definition) is 5. The molecule has 3 aromatic rings. The standard InChI is InChI=1S/C26H29N7O2/c1-33-11-10-18-8-9-23(14-22(18)16-33)30-26(35)20-6-2-4-17(12-20)15-29-25(34)21-7-3-5-19(13-21)24(27)31-32-28/h2-9,12-14,32H,10-11,15-16,28H2,1H3,(H2,27,31)(H,29,34)(H,30,35). The molecule has 35 heavy (non-hydrogen) atoms. The van der Waals surface area contributed by atoms with E-state index < -0.39 is 0 Å². The highest BCUT2D eigenvalue weighted by Gasteiger charge is 2.15. The second-order valence-corrected chi connectivity index (χ2v) is 8.52. The number of hydrogen-bond acceptors (Lipinski definition) is 6. The van der Waals surface area contributed by atoms with Crippen LogP contribution in [0.1, 0.15) is 43.0 Å². The third-order valence-electron chi connectivity index (χ3n) is 5.92. The highest BCUT2D eigenvalue weighted by atomic mass is 16.2. The van der Waals surface area contributed by atoms with E-state index >= 15 is 0 Å². The summed E-state index contributed by atoms with van der Waals surface area (Å²) in [6, 6.07) is 20.0. The first kappa shape index (κ1) is 23.9. The van der Waals surface area contributed by atoms with Gasteiger partial charge in [0, 0.05) is 42.0 Å². The number of benzene rings is 3. The third-order valence-corrected chi connectivity index (χ3v) is 5.92.